The Balaban J connectivity index is 1.93. The van der Waals surface area contributed by atoms with Crippen LogP contribution in [0.1, 0.15) is 29.2 Å². The number of esters is 1. The lowest BCUT2D eigenvalue weighted by Crippen LogP contribution is -2.37. The first-order valence-electron chi connectivity index (χ1n) is 7.71. The SMILES string of the molecule is COC(=O)c1ccc([N+](=O)[O-])c(N2CCC[C@@H](n3cccn3)C2)c1. The van der Waals surface area contributed by atoms with E-state index in [-0.39, 0.29) is 11.7 Å². The number of rotatable bonds is 4. The molecule has 0 radical (unpaired) electrons. The number of nitrogens with zero attached hydrogens (tertiary/aromatic N) is 4. The summed E-state index contributed by atoms with van der Waals surface area (Å²) in [7, 11) is 1.29. The number of ether oxygens (including phenoxy) is 1. The number of nitro benzene ring substituents is 1. The number of hydrogen-bond acceptors (Lipinski definition) is 6. The molecule has 8 nitrogen and oxygen atoms in total. The molecule has 0 aliphatic carbocycles. The predicted molar refractivity (Wildman–Crippen MR) is 87.1 cm³/mol. The fourth-order valence-electron chi connectivity index (χ4n) is 3.06. The normalized spacial score (nSPS) is 17.5. The quantitative estimate of drug-likeness (QED) is 0.486. The maximum atomic E-state index is 11.8. The highest BCUT2D eigenvalue weighted by Crippen LogP contribution is 2.33. The van der Waals surface area contributed by atoms with Gasteiger partial charge in [0.25, 0.3) is 5.69 Å². The maximum absolute atomic E-state index is 11.8. The molecule has 0 N–H and O–H groups in total. The zero-order valence-electron chi connectivity index (χ0n) is 13.3. The van der Waals surface area contributed by atoms with E-state index in [2.05, 4.69) is 5.10 Å². The highest BCUT2D eigenvalue weighted by Gasteiger charge is 2.27. The molecule has 1 atom stereocenters. The van der Waals surface area contributed by atoms with Crippen molar-refractivity contribution in [1.29, 1.82) is 0 Å². The smallest absolute Gasteiger partial charge is 0.337 e. The van der Waals surface area contributed by atoms with Gasteiger partial charge in [0.2, 0.25) is 0 Å². The number of hydrogen-bond donors (Lipinski definition) is 0. The van der Waals surface area contributed by atoms with Crippen LogP contribution < -0.4 is 4.90 Å². The number of anilines is 1. The van der Waals surface area contributed by atoms with Crippen molar-refractivity contribution in [2.45, 2.75) is 18.9 Å². The molecule has 1 aromatic carbocycles. The number of aromatic nitrogens is 2. The van der Waals surface area contributed by atoms with Crippen LogP contribution in [0.25, 0.3) is 0 Å². The Morgan fingerprint density at radius 1 is 1.46 bits per heavy atom. The van der Waals surface area contributed by atoms with E-state index in [0.717, 1.165) is 12.8 Å². The molecule has 1 aliphatic rings. The maximum Gasteiger partial charge on any atom is 0.337 e. The van der Waals surface area contributed by atoms with Gasteiger partial charge in [-0.05, 0) is 31.0 Å². The summed E-state index contributed by atoms with van der Waals surface area (Å²) in [5, 5.41) is 15.6. The van der Waals surface area contributed by atoms with E-state index < -0.39 is 10.9 Å². The highest BCUT2D eigenvalue weighted by molar-refractivity contribution is 5.91. The van der Waals surface area contributed by atoms with Crippen molar-refractivity contribution in [1.82, 2.24) is 9.78 Å². The summed E-state index contributed by atoms with van der Waals surface area (Å²) in [6.07, 6.45) is 5.47. The van der Waals surface area contributed by atoms with Crippen LogP contribution in [0.4, 0.5) is 11.4 Å². The molecule has 0 bridgehead atoms. The summed E-state index contributed by atoms with van der Waals surface area (Å²) in [6.45, 7) is 1.30. The second kappa shape index (κ2) is 6.69. The molecule has 0 unspecified atom stereocenters. The van der Waals surface area contributed by atoms with Crippen LogP contribution in [0.5, 0.6) is 0 Å². The molecule has 0 saturated carbocycles. The Bertz CT molecular complexity index is 745. The zero-order chi connectivity index (χ0) is 17.1. The summed E-state index contributed by atoms with van der Waals surface area (Å²) < 4.78 is 6.59. The Kier molecular flexibility index (Phi) is 4.45. The van der Waals surface area contributed by atoms with Crippen LogP contribution in [0.2, 0.25) is 0 Å². The summed E-state index contributed by atoms with van der Waals surface area (Å²) >= 11 is 0. The third kappa shape index (κ3) is 3.08. The van der Waals surface area contributed by atoms with Crippen molar-refractivity contribution in [2.75, 3.05) is 25.1 Å². The molecule has 2 heterocycles. The van der Waals surface area contributed by atoms with Gasteiger partial charge in [-0.1, -0.05) is 0 Å². The molecule has 1 aliphatic heterocycles. The largest absolute Gasteiger partial charge is 0.465 e. The summed E-state index contributed by atoms with van der Waals surface area (Å²) in [5.74, 6) is -0.508. The number of nitro groups is 1. The summed E-state index contributed by atoms with van der Waals surface area (Å²) in [5.41, 5.74) is 0.739. The molecule has 1 fully saturated rings. The van der Waals surface area contributed by atoms with Crippen LogP contribution in [-0.2, 0) is 4.74 Å². The zero-order valence-corrected chi connectivity index (χ0v) is 13.3. The van der Waals surface area contributed by atoms with Crippen LogP contribution in [0.3, 0.4) is 0 Å². The van der Waals surface area contributed by atoms with Gasteiger partial charge in [0, 0.05) is 31.5 Å². The molecule has 0 amide bonds. The van der Waals surface area contributed by atoms with Crippen molar-refractivity contribution in [2.24, 2.45) is 0 Å². The highest BCUT2D eigenvalue weighted by atomic mass is 16.6. The van der Waals surface area contributed by atoms with Crippen molar-refractivity contribution in [3.63, 3.8) is 0 Å². The van der Waals surface area contributed by atoms with Crippen molar-refractivity contribution < 1.29 is 14.5 Å². The fourth-order valence-corrected chi connectivity index (χ4v) is 3.06. The van der Waals surface area contributed by atoms with E-state index in [1.807, 2.05) is 21.8 Å². The lowest BCUT2D eigenvalue weighted by atomic mass is 10.0. The molecule has 1 aromatic heterocycles. The van der Waals surface area contributed by atoms with Gasteiger partial charge in [-0.25, -0.2) is 4.79 Å². The summed E-state index contributed by atoms with van der Waals surface area (Å²) in [6, 6.07) is 6.33. The second-order valence-corrected chi connectivity index (χ2v) is 5.68. The minimum Gasteiger partial charge on any atom is -0.465 e. The van der Waals surface area contributed by atoms with Gasteiger partial charge in [0.1, 0.15) is 5.69 Å². The number of piperidine rings is 1. The Morgan fingerprint density at radius 2 is 2.29 bits per heavy atom. The Labute approximate surface area is 138 Å². The van der Waals surface area contributed by atoms with Crippen LogP contribution in [0.15, 0.2) is 36.7 Å². The molecular formula is C16H18N4O4. The van der Waals surface area contributed by atoms with Crippen LogP contribution >= 0.6 is 0 Å². The van der Waals surface area contributed by atoms with Crippen LogP contribution in [-0.4, -0.2) is 40.9 Å². The lowest BCUT2D eigenvalue weighted by molar-refractivity contribution is -0.384. The van der Waals surface area contributed by atoms with E-state index in [9.17, 15) is 14.9 Å². The third-order valence-corrected chi connectivity index (χ3v) is 4.23. The first-order chi connectivity index (χ1) is 11.6. The minimum absolute atomic E-state index is 0.0104. The number of carbonyl (C=O) groups excluding carboxylic acids is 1. The summed E-state index contributed by atoms with van der Waals surface area (Å²) in [4.78, 5) is 24.6. The Hall–Kier alpha value is -2.90. The van der Waals surface area contributed by atoms with E-state index in [4.69, 9.17) is 4.74 Å². The first-order valence-corrected chi connectivity index (χ1v) is 7.71. The van der Waals surface area contributed by atoms with Gasteiger partial charge < -0.3 is 9.64 Å². The minimum atomic E-state index is -0.508. The lowest BCUT2D eigenvalue weighted by Gasteiger charge is -2.34. The average molecular weight is 330 g/mol. The van der Waals surface area contributed by atoms with Gasteiger partial charge in [-0.15, -0.1) is 0 Å². The fraction of sp³-hybridized carbons (Fsp3) is 0.375. The molecule has 24 heavy (non-hydrogen) atoms. The van der Waals surface area contributed by atoms with Gasteiger partial charge in [-0.3, -0.25) is 14.8 Å². The van der Waals surface area contributed by atoms with Gasteiger partial charge in [0.15, 0.2) is 0 Å². The molecule has 0 spiro atoms. The predicted octanol–water partition coefficient (Wildman–Crippen LogP) is 2.42. The molecule has 1 saturated heterocycles. The van der Waals surface area contributed by atoms with Crippen LogP contribution in [0, 0.1) is 10.1 Å². The van der Waals surface area contributed by atoms with Crippen molar-refractivity contribution in [3.8, 4) is 0 Å². The Morgan fingerprint density at radius 3 is 2.96 bits per heavy atom. The number of carbonyl (C=O) groups is 1. The monoisotopic (exact) mass is 330 g/mol. The standard InChI is InChI=1S/C16H18N4O4/c1-24-16(21)12-5-6-14(20(22)23)15(10-12)18-8-2-4-13(11-18)19-9-3-7-17-19/h3,5-7,9-10,13H,2,4,8,11H2,1H3/t13-/m1/s1. The average Bonchev–Trinajstić information content (AvgIpc) is 3.15. The molecule has 3 rings (SSSR count). The number of methoxy groups -OCH3 is 1. The molecule has 2 aromatic rings. The second-order valence-electron chi connectivity index (χ2n) is 5.68. The van der Waals surface area contributed by atoms with E-state index in [1.165, 1.54) is 25.3 Å². The van der Waals surface area contributed by atoms with Crippen molar-refractivity contribution in [3.05, 3.63) is 52.3 Å². The van der Waals surface area contributed by atoms with Crippen molar-refractivity contribution >= 4 is 17.3 Å². The van der Waals surface area contributed by atoms with Gasteiger partial charge >= 0.3 is 5.97 Å². The van der Waals surface area contributed by atoms with Gasteiger partial charge in [0.05, 0.1) is 23.6 Å². The van der Waals surface area contributed by atoms with E-state index in [0.29, 0.717) is 24.3 Å². The first kappa shape index (κ1) is 16.0. The number of benzene rings is 1. The van der Waals surface area contributed by atoms with E-state index in [1.54, 1.807) is 6.20 Å². The van der Waals surface area contributed by atoms with E-state index >= 15 is 0 Å². The third-order valence-electron chi connectivity index (χ3n) is 4.23. The topological polar surface area (TPSA) is 90.5 Å². The molecular weight excluding hydrogens is 312 g/mol. The van der Waals surface area contributed by atoms with Gasteiger partial charge in [-0.2, -0.15) is 5.10 Å². The molecule has 8 heteroatoms. The molecule has 126 valence electrons.